The van der Waals surface area contributed by atoms with Gasteiger partial charge < -0.3 is 20.3 Å². The summed E-state index contributed by atoms with van der Waals surface area (Å²) in [5.41, 5.74) is 1.61. The molecule has 2 atom stereocenters. The summed E-state index contributed by atoms with van der Waals surface area (Å²) in [6, 6.07) is 13.2. The van der Waals surface area contributed by atoms with Gasteiger partial charge in [0, 0.05) is 36.5 Å². The molecule has 1 saturated carbocycles. The van der Waals surface area contributed by atoms with Crippen molar-refractivity contribution in [2.24, 2.45) is 5.92 Å². The lowest BCUT2D eigenvalue weighted by atomic mass is 9.83. The Labute approximate surface area is 222 Å². The van der Waals surface area contributed by atoms with Crippen molar-refractivity contribution in [3.8, 4) is 0 Å². The van der Waals surface area contributed by atoms with E-state index < -0.39 is 11.4 Å². The zero-order chi connectivity index (χ0) is 26.6. The number of carbonyl (C=O) groups is 2. The summed E-state index contributed by atoms with van der Waals surface area (Å²) in [6.07, 6.45) is 5.80. The molecule has 6 nitrogen and oxygen atoms in total. The molecular formula is C29H33ClFN3O3. The number of nitrogens with zero attached hydrogens (tertiary/aromatic N) is 1. The maximum Gasteiger partial charge on any atom is 0.269 e. The number of nitrogens with one attached hydrogen (secondary N) is 2. The third kappa shape index (κ3) is 5.58. The Hall–Kier alpha value is -3.16. The Bertz CT molecular complexity index is 1200. The van der Waals surface area contributed by atoms with Crippen LogP contribution in [0.5, 0.6) is 0 Å². The molecule has 0 aromatic heterocycles. The fourth-order valence-corrected chi connectivity index (χ4v) is 5.55. The van der Waals surface area contributed by atoms with Crippen LogP contribution in [0.25, 0.3) is 0 Å². The van der Waals surface area contributed by atoms with Crippen LogP contribution < -0.4 is 10.6 Å². The Kier molecular flexibility index (Phi) is 8.35. The van der Waals surface area contributed by atoms with E-state index in [-0.39, 0.29) is 40.3 Å². The van der Waals surface area contributed by atoms with Crippen molar-refractivity contribution in [1.82, 2.24) is 10.2 Å². The van der Waals surface area contributed by atoms with Gasteiger partial charge in [-0.25, -0.2) is 4.39 Å². The quantitative estimate of drug-likeness (QED) is 0.308. The number of hydrogen-bond acceptors (Lipinski definition) is 4. The molecule has 2 amide bonds. The lowest BCUT2D eigenvalue weighted by Gasteiger charge is -2.43. The molecule has 4 rings (SSSR count). The number of ether oxygens (including phenoxy) is 1. The molecule has 196 valence electrons. The van der Waals surface area contributed by atoms with Crippen LogP contribution in [0.15, 0.2) is 66.5 Å². The lowest BCUT2D eigenvalue weighted by Crippen LogP contribution is -2.51. The Morgan fingerprint density at radius 1 is 1.27 bits per heavy atom. The largest absolute Gasteiger partial charge is 0.371 e. The van der Waals surface area contributed by atoms with Crippen molar-refractivity contribution in [2.45, 2.75) is 44.1 Å². The smallest absolute Gasteiger partial charge is 0.269 e. The van der Waals surface area contributed by atoms with Gasteiger partial charge >= 0.3 is 0 Å². The summed E-state index contributed by atoms with van der Waals surface area (Å²) in [7, 11) is 1.48. The minimum Gasteiger partial charge on any atom is -0.371 e. The van der Waals surface area contributed by atoms with Crippen molar-refractivity contribution in [3.05, 3.63) is 88.5 Å². The summed E-state index contributed by atoms with van der Waals surface area (Å²) in [5.74, 6) is -0.272. The molecule has 2 N–H and O–H groups in total. The van der Waals surface area contributed by atoms with Crippen LogP contribution in [-0.2, 0) is 19.9 Å². The number of likely N-dealkylation sites (tertiary alicyclic amines) is 1. The molecule has 2 fully saturated rings. The van der Waals surface area contributed by atoms with Gasteiger partial charge in [-0.2, -0.15) is 0 Å². The number of anilines is 1. The van der Waals surface area contributed by atoms with E-state index >= 15 is 4.39 Å². The van der Waals surface area contributed by atoms with Crippen LogP contribution in [-0.4, -0.2) is 37.4 Å². The van der Waals surface area contributed by atoms with E-state index in [0.717, 1.165) is 18.5 Å². The normalized spacial score (nSPS) is 20.8. The van der Waals surface area contributed by atoms with E-state index in [1.165, 1.54) is 24.8 Å². The summed E-state index contributed by atoms with van der Waals surface area (Å²) < 4.78 is 21.2. The molecule has 0 radical (unpaired) electrons. The van der Waals surface area contributed by atoms with E-state index in [0.29, 0.717) is 31.7 Å². The minimum atomic E-state index is -1.18. The van der Waals surface area contributed by atoms with E-state index in [1.807, 2.05) is 31.2 Å². The Balaban J connectivity index is 1.56. The molecular weight excluding hydrogens is 493 g/mol. The van der Waals surface area contributed by atoms with Crippen LogP contribution in [0.1, 0.15) is 49.7 Å². The van der Waals surface area contributed by atoms with Gasteiger partial charge in [-0.1, -0.05) is 54.6 Å². The average Bonchev–Trinajstić information content (AvgIpc) is 3.76. The lowest BCUT2D eigenvalue weighted by molar-refractivity contribution is -0.137. The summed E-state index contributed by atoms with van der Waals surface area (Å²) in [6.45, 7) is 6.58. The highest BCUT2D eigenvalue weighted by molar-refractivity contribution is 6.31. The fraction of sp³-hybridized carbons (Fsp3) is 0.379. The van der Waals surface area contributed by atoms with Gasteiger partial charge in [0.2, 0.25) is 6.41 Å². The standard InChI is InChI=1S/C29H33ClFN3O3/c1-4-23(25(21-11-12-21)20-9-6-5-7-10-20)33-19(2)28(36)34-16-8-15-29(17-34,37-3)26-24(32-18-35)14-13-22(30)27(26)31/h4-7,9-10,13-14,18,21,25,33H,2,8,11-12,15-17H2,1,3H3,(H,32,35)/b23-4-/t25?,29-/m0/s1. The minimum absolute atomic E-state index is 0.0813. The first-order valence-corrected chi connectivity index (χ1v) is 12.9. The second-order valence-electron chi connectivity index (χ2n) is 9.65. The molecule has 1 aliphatic carbocycles. The number of hydrogen-bond donors (Lipinski definition) is 2. The predicted molar refractivity (Wildman–Crippen MR) is 144 cm³/mol. The highest BCUT2D eigenvalue weighted by atomic mass is 35.5. The van der Waals surface area contributed by atoms with Gasteiger partial charge in [0.1, 0.15) is 11.4 Å². The predicted octanol–water partition coefficient (Wildman–Crippen LogP) is 5.71. The third-order valence-electron chi connectivity index (χ3n) is 7.35. The van der Waals surface area contributed by atoms with Gasteiger partial charge in [-0.15, -0.1) is 0 Å². The number of allylic oxidation sites excluding steroid dienone is 2. The van der Waals surface area contributed by atoms with Crippen molar-refractivity contribution < 1.29 is 18.7 Å². The Morgan fingerprint density at radius 3 is 2.62 bits per heavy atom. The second-order valence-corrected chi connectivity index (χ2v) is 10.1. The van der Waals surface area contributed by atoms with Crippen LogP contribution in [0, 0.1) is 11.7 Å². The van der Waals surface area contributed by atoms with Crippen LogP contribution >= 0.6 is 11.6 Å². The molecule has 2 aromatic carbocycles. The zero-order valence-corrected chi connectivity index (χ0v) is 22.0. The summed E-state index contributed by atoms with van der Waals surface area (Å²) in [5, 5.41) is 5.77. The monoisotopic (exact) mass is 525 g/mol. The highest BCUT2D eigenvalue weighted by Gasteiger charge is 2.43. The van der Waals surface area contributed by atoms with Crippen molar-refractivity contribution >= 4 is 29.6 Å². The zero-order valence-electron chi connectivity index (χ0n) is 21.2. The number of rotatable bonds is 10. The topological polar surface area (TPSA) is 70.7 Å². The van der Waals surface area contributed by atoms with Crippen LogP contribution in [0.4, 0.5) is 10.1 Å². The third-order valence-corrected chi connectivity index (χ3v) is 7.64. The van der Waals surface area contributed by atoms with E-state index in [4.69, 9.17) is 16.3 Å². The first kappa shape index (κ1) is 26.9. The van der Waals surface area contributed by atoms with E-state index in [2.05, 4.69) is 29.3 Å². The molecule has 1 aliphatic heterocycles. The van der Waals surface area contributed by atoms with Gasteiger partial charge in [0.15, 0.2) is 0 Å². The molecule has 2 aromatic rings. The van der Waals surface area contributed by atoms with Gasteiger partial charge in [0.05, 0.1) is 17.3 Å². The number of carbonyl (C=O) groups excluding carboxylic acids is 2. The van der Waals surface area contributed by atoms with E-state index in [1.54, 1.807) is 4.90 Å². The molecule has 1 heterocycles. The SMILES string of the molecule is C=C(N/C(=C\C)C(c1ccccc1)C1CC1)C(=O)N1CCC[C@@](OC)(c2c(NC=O)ccc(Cl)c2F)C1. The van der Waals surface area contributed by atoms with Gasteiger partial charge in [-0.3, -0.25) is 9.59 Å². The van der Waals surface area contributed by atoms with Crippen LogP contribution in [0.2, 0.25) is 5.02 Å². The number of piperidine rings is 1. The maximum absolute atomic E-state index is 15.3. The molecule has 1 saturated heterocycles. The van der Waals surface area contributed by atoms with Crippen molar-refractivity contribution in [2.75, 3.05) is 25.5 Å². The fourth-order valence-electron chi connectivity index (χ4n) is 5.39. The van der Waals surface area contributed by atoms with Gasteiger partial charge in [-0.05, 0) is 56.2 Å². The average molecular weight is 526 g/mol. The number of halogens is 2. The summed E-state index contributed by atoms with van der Waals surface area (Å²) >= 11 is 6.10. The first-order chi connectivity index (χ1) is 17.8. The number of benzene rings is 2. The van der Waals surface area contributed by atoms with Crippen molar-refractivity contribution in [1.29, 1.82) is 0 Å². The van der Waals surface area contributed by atoms with Gasteiger partial charge in [0.25, 0.3) is 5.91 Å². The molecule has 8 heteroatoms. The highest BCUT2D eigenvalue weighted by Crippen LogP contribution is 2.46. The number of methoxy groups -OCH3 is 1. The molecule has 2 aliphatic rings. The molecule has 1 unspecified atom stereocenters. The Morgan fingerprint density at radius 2 is 2.00 bits per heavy atom. The summed E-state index contributed by atoms with van der Waals surface area (Å²) in [4.78, 5) is 26.4. The second kappa shape index (κ2) is 11.5. The van der Waals surface area contributed by atoms with E-state index in [9.17, 15) is 9.59 Å². The molecule has 37 heavy (non-hydrogen) atoms. The molecule has 0 spiro atoms. The number of amides is 2. The van der Waals surface area contributed by atoms with Crippen LogP contribution in [0.3, 0.4) is 0 Å². The first-order valence-electron chi connectivity index (χ1n) is 12.6. The maximum atomic E-state index is 15.3. The molecule has 0 bridgehead atoms. The van der Waals surface area contributed by atoms with Crippen molar-refractivity contribution in [3.63, 3.8) is 0 Å².